The zero-order chi connectivity index (χ0) is 20.5. The first-order valence-electron chi connectivity index (χ1n) is 8.72. The van der Waals surface area contributed by atoms with Gasteiger partial charge in [0.2, 0.25) is 11.0 Å². The Morgan fingerprint density at radius 3 is 2.76 bits per heavy atom. The smallest absolute Gasteiger partial charge is 0.335 e. The minimum absolute atomic E-state index is 0.111. The van der Waals surface area contributed by atoms with Crippen LogP contribution >= 0.6 is 11.3 Å². The number of thiazole rings is 1. The summed E-state index contributed by atoms with van der Waals surface area (Å²) in [5.41, 5.74) is 5.94. The van der Waals surface area contributed by atoms with Crippen LogP contribution in [0.4, 0.5) is 5.13 Å². The average molecular weight is 407 g/mol. The fourth-order valence-electron chi connectivity index (χ4n) is 3.00. The number of rotatable bonds is 5. The lowest BCUT2D eigenvalue weighted by Gasteiger charge is -2.05. The number of anilines is 1. The number of hydrogen-bond donors (Lipinski definition) is 3. The number of aryl methyl sites for hydroxylation is 1. The number of para-hydroxylation sites is 1. The fraction of sp³-hybridized carbons (Fsp3) is 0.100. The molecule has 0 spiro atoms. The number of aromatic hydroxyl groups is 1. The van der Waals surface area contributed by atoms with Gasteiger partial charge >= 0.3 is 5.97 Å². The van der Waals surface area contributed by atoms with Crippen LogP contribution in [0.25, 0.3) is 15.9 Å². The number of aromatic nitrogens is 3. The molecule has 146 valence electrons. The first kappa shape index (κ1) is 18.6. The lowest BCUT2D eigenvalue weighted by molar-refractivity contribution is 0.0697. The molecule has 2 aromatic carbocycles. The number of nitrogens with one attached hydrogen (secondary N) is 1. The number of aromatic carboxylic acids is 1. The second-order valence-electron chi connectivity index (χ2n) is 6.35. The monoisotopic (exact) mass is 407 g/mol. The van der Waals surface area contributed by atoms with Gasteiger partial charge in [-0.2, -0.15) is 10.2 Å². The van der Waals surface area contributed by atoms with Gasteiger partial charge in [-0.15, -0.1) is 0 Å². The molecule has 9 heteroatoms. The summed E-state index contributed by atoms with van der Waals surface area (Å²) in [6, 6.07) is 14.0. The highest BCUT2D eigenvalue weighted by Gasteiger charge is 2.19. The van der Waals surface area contributed by atoms with Crippen LogP contribution in [-0.2, 0) is 0 Å². The molecule has 0 aliphatic heterocycles. The van der Waals surface area contributed by atoms with Crippen molar-refractivity contribution in [2.45, 2.75) is 13.8 Å². The predicted octanol–water partition coefficient (Wildman–Crippen LogP) is 4.03. The molecule has 0 radical (unpaired) electrons. The first-order valence-corrected chi connectivity index (χ1v) is 9.54. The second-order valence-corrected chi connectivity index (χ2v) is 7.38. The third kappa shape index (κ3) is 3.55. The number of benzene rings is 2. The van der Waals surface area contributed by atoms with Gasteiger partial charge < -0.3 is 10.2 Å². The Morgan fingerprint density at radius 1 is 1.21 bits per heavy atom. The number of hydrogen-bond acceptors (Lipinski definition) is 7. The summed E-state index contributed by atoms with van der Waals surface area (Å²) >= 11 is 1.48. The minimum atomic E-state index is -1.05. The van der Waals surface area contributed by atoms with Gasteiger partial charge in [0, 0.05) is 0 Å². The van der Waals surface area contributed by atoms with Crippen molar-refractivity contribution in [2.24, 2.45) is 5.10 Å². The van der Waals surface area contributed by atoms with Crippen molar-refractivity contribution >= 4 is 38.4 Å². The molecule has 0 atom stereocenters. The van der Waals surface area contributed by atoms with Gasteiger partial charge in [0.25, 0.3) is 0 Å². The molecule has 0 saturated heterocycles. The Bertz CT molecular complexity index is 1230. The molecular weight excluding hydrogens is 390 g/mol. The molecule has 4 aromatic rings. The van der Waals surface area contributed by atoms with Gasteiger partial charge in [-0.3, -0.25) is 5.43 Å². The summed E-state index contributed by atoms with van der Waals surface area (Å²) in [5, 5.41) is 29.2. The number of carbonyl (C=O) groups is 1. The molecule has 0 amide bonds. The predicted molar refractivity (Wildman–Crippen MR) is 112 cm³/mol. The molecule has 3 N–H and O–H groups in total. The van der Waals surface area contributed by atoms with E-state index in [1.165, 1.54) is 28.2 Å². The standard InChI is InChI=1S/C20H17N5O3S/c1-11(22-23-20-21-15-8-3-4-9-16(15)29-20)17-12(2)24-25(18(17)26)14-7-5-6-13(10-14)19(27)28/h3-10,26H,1-2H3,(H,21,23)(H,27,28)/b22-11+. The molecule has 2 heterocycles. The van der Waals surface area contributed by atoms with Gasteiger partial charge in [0.15, 0.2) is 0 Å². The van der Waals surface area contributed by atoms with Crippen molar-refractivity contribution in [3.05, 3.63) is 65.4 Å². The van der Waals surface area contributed by atoms with Crippen molar-refractivity contribution in [2.75, 3.05) is 5.43 Å². The van der Waals surface area contributed by atoms with Crippen molar-refractivity contribution in [1.82, 2.24) is 14.8 Å². The summed E-state index contributed by atoms with van der Waals surface area (Å²) in [6.07, 6.45) is 0. The first-order chi connectivity index (χ1) is 13.9. The Morgan fingerprint density at radius 2 is 2.00 bits per heavy atom. The maximum atomic E-state index is 11.2. The van der Waals surface area contributed by atoms with Gasteiger partial charge in [-0.25, -0.2) is 14.5 Å². The molecule has 0 aliphatic carbocycles. The highest BCUT2D eigenvalue weighted by Crippen LogP contribution is 2.28. The van der Waals surface area contributed by atoms with E-state index in [0.29, 0.717) is 27.8 Å². The van der Waals surface area contributed by atoms with Crippen molar-refractivity contribution in [1.29, 1.82) is 0 Å². The van der Waals surface area contributed by atoms with Crippen molar-refractivity contribution in [3.8, 4) is 11.6 Å². The van der Waals surface area contributed by atoms with E-state index in [2.05, 4.69) is 20.6 Å². The zero-order valence-electron chi connectivity index (χ0n) is 15.6. The molecule has 0 bridgehead atoms. The Labute approximate surface area is 169 Å². The topological polar surface area (TPSA) is 113 Å². The van der Waals surface area contributed by atoms with Crippen molar-refractivity contribution < 1.29 is 15.0 Å². The fourth-order valence-corrected chi connectivity index (χ4v) is 3.81. The van der Waals surface area contributed by atoms with E-state index in [0.717, 1.165) is 10.2 Å². The van der Waals surface area contributed by atoms with Crippen LogP contribution in [0.1, 0.15) is 28.5 Å². The maximum absolute atomic E-state index is 11.2. The molecular formula is C20H17N5O3S. The van der Waals surface area contributed by atoms with E-state index in [1.54, 1.807) is 26.0 Å². The van der Waals surface area contributed by atoms with Crippen LogP contribution in [0.15, 0.2) is 53.6 Å². The normalized spacial score (nSPS) is 11.7. The van der Waals surface area contributed by atoms with Gasteiger partial charge in [0.05, 0.1) is 38.4 Å². The number of nitrogens with zero attached hydrogens (tertiary/aromatic N) is 4. The Hall–Kier alpha value is -3.72. The average Bonchev–Trinajstić information content (AvgIpc) is 3.26. The van der Waals surface area contributed by atoms with E-state index >= 15 is 0 Å². The molecule has 29 heavy (non-hydrogen) atoms. The molecule has 0 saturated carbocycles. The van der Waals surface area contributed by atoms with E-state index < -0.39 is 5.97 Å². The van der Waals surface area contributed by atoms with E-state index in [4.69, 9.17) is 0 Å². The maximum Gasteiger partial charge on any atom is 0.335 e. The van der Waals surface area contributed by atoms with E-state index in [1.807, 2.05) is 24.3 Å². The second kappa shape index (κ2) is 7.36. The summed E-state index contributed by atoms with van der Waals surface area (Å²) in [5.74, 6) is -1.16. The molecule has 8 nitrogen and oxygen atoms in total. The SMILES string of the molecule is C/C(=N\Nc1nc2ccccc2s1)c1c(C)nn(-c2cccc(C(=O)O)c2)c1O. The zero-order valence-corrected chi connectivity index (χ0v) is 16.4. The quantitative estimate of drug-likeness (QED) is 0.340. The van der Waals surface area contributed by atoms with Gasteiger partial charge in [-0.1, -0.05) is 29.5 Å². The van der Waals surface area contributed by atoms with Crippen LogP contribution in [0, 0.1) is 6.92 Å². The van der Waals surface area contributed by atoms with Gasteiger partial charge in [-0.05, 0) is 44.2 Å². The summed E-state index contributed by atoms with van der Waals surface area (Å²) in [4.78, 5) is 15.7. The van der Waals surface area contributed by atoms with Crippen LogP contribution in [-0.4, -0.2) is 36.7 Å². The van der Waals surface area contributed by atoms with Crippen molar-refractivity contribution in [3.63, 3.8) is 0 Å². The number of carboxylic acids is 1. The van der Waals surface area contributed by atoms with Crippen LogP contribution in [0.3, 0.4) is 0 Å². The molecule has 0 aliphatic rings. The van der Waals surface area contributed by atoms with Crippen LogP contribution in [0.2, 0.25) is 0 Å². The summed E-state index contributed by atoms with van der Waals surface area (Å²) < 4.78 is 2.35. The number of hydrazone groups is 1. The number of fused-ring (bicyclic) bond motifs is 1. The minimum Gasteiger partial charge on any atom is -0.493 e. The Kier molecular flexibility index (Phi) is 4.73. The van der Waals surface area contributed by atoms with E-state index in [9.17, 15) is 15.0 Å². The lowest BCUT2D eigenvalue weighted by atomic mass is 10.1. The molecule has 2 aromatic heterocycles. The third-order valence-corrected chi connectivity index (χ3v) is 5.29. The Balaban J connectivity index is 1.65. The number of carboxylic acid groups (broad SMARTS) is 1. The molecule has 0 fully saturated rings. The molecule has 4 rings (SSSR count). The van der Waals surface area contributed by atoms with Gasteiger partial charge in [0.1, 0.15) is 0 Å². The summed E-state index contributed by atoms with van der Waals surface area (Å²) in [6.45, 7) is 3.51. The highest BCUT2D eigenvalue weighted by molar-refractivity contribution is 7.22. The molecule has 0 unspecified atom stereocenters. The largest absolute Gasteiger partial charge is 0.493 e. The lowest BCUT2D eigenvalue weighted by Crippen LogP contribution is -2.02. The summed E-state index contributed by atoms with van der Waals surface area (Å²) in [7, 11) is 0. The third-order valence-electron chi connectivity index (χ3n) is 4.35. The van der Waals surface area contributed by atoms with Crippen LogP contribution < -0.4 is 5.43 Å². The van der Waals surface area contributed by atoms with E-state index in [-0.39, 0.29) is 11.4 Å². The highest BCUT2D eigenvalue weighted by atomic mass is 32.1. The van der Waals surface area contributed by atoms with Crippen LogP contribution in [0.5, 0.6) is 5.88 Å².